The lowest BCUT2D eigenvalue weighted by atomic mass is 9.65. The highest BCUT2D eigenvalue weighted by atomic mass is 32.2. The zero-order valence-corrected chi connectivity index (χ0v) is 17.2. The molecule has 2 aromatic carbocycles. The molecule has 0 saturated heterocycles. The average Bonchev–Trinajstić information content (AvgIpc) is 2.74. The zero-order chi connectivity index (χ0) is 21.4. The Morgan fingerprint density at radius 3 is 2.43 bits per heavy atom. The van der Waals surface area contributed by atoms with Crippen molar-refractivity contribution in [2.45, 2.75) is 30.6 Å². The van der Waals surface area contributed by atoms with E-state index in [4.69, 9.17) is 0 Å². The molecule has 2 aliphatic rings. The maximum absolute atomic E-state index is 13.3. The van der Waals surface area contributed by atoms with Crippen LogP contribution in [0.2, 0.25) is 0 Å². The second-order valence-corrected chi connectivity index (χ2v) is 9.87. The van der Waals surface area contributed by atoms with Crippen LogP contribution in [-0.2, 0) is 21.2 Å². The van der Waals surface area contributed by atoms with Gasteiger partial charge in [0.05, 0.1) is 9.82 Å². The van der Waals surface area contributed by atoms with E-state index < -0.39 is 20.4 Å². The molecular weight excluding hydrogens is 404 g/mol. The molecule has 1 aliphatic carbocycles. The molecule has 0 amide bonds. The van der Waals surface area contributed by atoms with Gasteiger partial charge in [-0.15, -0.1) is 0 Å². The van der Waals surface area contributed by atoms with E-state index in [-0.39, 0.29) is 22.9 Å². The molecule has 7 nitrogen and oxygen atoms in total. The Balaban J connectivity index is 1.67. The molecule has 1 aliphatic heterocycles. The van der Waals surface area contributed by atoms with Gasteiger partial charge in [-0.25, -0.2) is 8.42 Å². The van der Waals surface area contributed by atoms with Crippen LogP contribution in [0.4, 0.5) is 5.69 Å². The standard InChI is InChI=1S/C22H22N2O5S/c25-20-10-12-22(15-17-4-2-1-3-5-17)16-23(13-11-18(22)14-20)30(28,29)21-8-6-19(7-9-21)24(26)27/h1-9,11H,10,12-16H2. The van der Waals surface area contributed by atoms with Crippen molar-refractivity contribution in [2.75, 3.05) is 13.1 Å². The van der Waals surface area contributed by atoms with Crippen LogP contribution >= 0.6 is 0 Å². The number of nitro benzene ring substituents is 1. The minimum Gasteiger partial charge on any atom is -0.299 e. The molecule has 0 aromatic heterocycles. The van der Waals surface area contributed by atoms with Crippen molar-refractivity contribution in [2.24, 2.45) is 5.41 Å². The van der Waals surface area contributed by atoms with E-state index in [0.717, 1.165) is 11.1 Å². The summed E-state index contributed by atoms with van der Waals surface area (Å²) in [5.41, 5.74) is 1.56. The maximum atomic E-state index is 13.3. The third kappa shape index (κ3) is 3.80. The van der Waals surface area contributed by atoms with E-state index in [1.807, 2.05) is 36.4 Å². The van der Waals surface area contributed by atoms with Crippen LogP contribution < -0.4 is 0 Å². The van der Waals surface area contributed by atoms with Gasteiger partial charge in [0.25, 0.3) is 5.69 Å². The summed E-state index contributed by atoms with van der Waals surface area (Å²) in [5.74, 6) is 0.191. The Bertz CT molecular complexity index is 1110. The summed E-state index contributed by atoms with van der Waals surface area (Å²) in [6.07, 6.45) is 3.97. The highest BCUT2D eigenvalue weighted by molar-refractivity contribution is 7.89. The number of fused-ring (bicyclic) bond motifs is 1. The lowest BCUT2D eigenvalue weighted by Crippen LogP contribution is -2.49. The number of Topliss-reactive ketones (excluding diaryl/α,β-unsaturated/α-hetero) is 1. The molecular formula is C22H22N2O5S. The van der Waals surface area contributed by atoms with E-state index in [1.54, 1.807) is 0 Å². The molecule has 1 unspecified atom stereocenters. The summed E-state index contributed by atoms with van der Waals surface area (Å²) < 4.78 is 28.0. The van der Waals surface area contributed by atoms with Gasteiger partial charge in [-0.3, -0.25) is 14.9 Å². The van der Waals surface area contributed by atoms with E-state index in [1.165, 1.54) is 28.6 Å². The van der Waals surface area contributed by atoms with E-state index in [0.29, 0.717) is 32.2 Å². The van der Waals surface area contributed by atoms with Crippen LogP contribution in [0.1, 0.15) is 24.8 Å². The second-order valence-electron chi connectivity index (χ2n) is 7.94. The first-order valence-electron chi connectivity index (χ1n) is 9.80. The molecule has 30 heavy (non-hydrogen) atoms. The van der Waals surface area contributed by atoms with Crippen molar-refractivity contribution in [3.05, 3.63) is 81.9 Å². The minimum atomic E-state index is -3.82. The number of nitrogens with zero attached hydrogens (tertiary/aromatic N) is 2. The molecule has 8 heteroatoms. The van der Waals surface area contributed by atoms with Crippen LogP contribution in [0.3, 0.4) is 0 Å². The number of nitro groups is 1. The van der Waals surface area contributed by atoms with Gasteiger partial charge >= 0.3 is 0 Å². The van der Waals surface area contributed by atoms with Gasteiger partial charge in [0.1, 0.15) is 5.78 Å². The molecule has 0 N–H and O–H groups in total. The third-order valence-electron chi connectivity index (χ3n) is 6.04. The topological polar surface area (TPSA) is 97.6 Å². The van der Waals surface area contributed by atoms with Crippen LogP contribution in [-0.4, -0.2) is 36.5 Å². The summed E-state index contributed by atoms with van der Waals surface area (Å²) in [4.78, 5) is 22.4. The molecule has 1 atom stereocenters. The highest BCUT2D eigenvalue weighted by Crippen LogP contribution is 2.46. The number of rotatable bonds is 5. The fourth-order valence-corrected chi connectivity index (χ4v) is 5.89. The molecule has 2 aromatic rings. The predicted octanol–water partition coefficient (Wildman–Crippen LogP) is 3.51. The number of benzene rings is 2. The Hall–Kier alpha value is -2.84. The fourth-order valence-electron chi connectivity index (χ4n) is 4.43. The zero-order valence-electron chi connectivity index (χ0n) is 16.4. The summed E-state index contributed by atoms with van der Waals surface area (Å²) in [6.45, 7) is 0.485. The SMILES string of the molecule is O=C1CCC2(Cc3ccccc3)CN(S(=O)(=O)c3ccc([N+](=O)[O-])cc3)CC=C2C1. The maximum Gasteiger partial charge on any atom is 0.269 e. The first-order valence-corrected chi connectivity index (χ1v) is 11.2. The third-order valence-corrected chi connectivity index (χ3v) is 7.87. The molecule has 0 bridgehead atoms. The molecule has 0 spiro atoms. The minimum absolute atomic E-state index is 0.0340. The first kappa shape index (κ1) is 20.4. The summed E-state index contributed by atoms with van der Waals surface area (Å²) in [5, 5.41) is 10.9. The van der Waals surface area contributed by atoms with Crippen molar-refractivity contribution < 1.29 is 18.1 Å². The van der Waals surface area contributed by atoms with Gasteiger partial charge in [0, 0.05) is 43.5 Å². The molecule has 156 valence electrons. The predicted molar refractivity (Wildman–Crippen MR) is 111 cm³/mol. The van der Waals surface area contributed by atoms with Gasteiger partial charge in [-0.05, 0) is 30.5 Å². The summed E-state index contributed by atoms with van der Waals surface area (Å²) >= 11 is 0. The van der Waals surface area contributed by atoms with E-state index in [2.05, 4.69) is 0 Å². The normalized spacial score (nSPS) is 22.3. The van der Waals surface area contributed by atoms with E-state index >= 15 is 0 Å². The molecule has 0 radical (unpaired) electrons. The van der Waals surface area contributed by atoms with Crippen LogP contribution in [0.5, 0.6) is 0 Å². The Morgan fingerprint density at radius 1 is 1.07 bits per heavy atom. The van der Waals surface area contributed by atoms with Crippen LogP contribution in [0.25, 0.3) is 0 Å². The number of non-ortho nitro benzene ring substituents is 1. The number of hydrogen-bond donors (Lipinski definition) is 0. The molecule has 1 fully saturated rings. The smallest absolute Gasteiger partial charge is 0.269 e. The van der Waals surface area contributed by atoms with Gasteiger partial charge in [-0.1, -0.05) is 42.0 Å². The fraction of sp³-hybridized carbons (Fsp3) is 0.318. The first-order chi connectivity index (χ1) is 14.3. The Morgan fingerprint density at radius 2 is 1.77 bits per heavy atom. The van der Waals surface area contributed by atoms with Crippen LogP contribution in [0, 0.1) is 15.5 Å². The van der Waals surface area contributed by atoms with E-state index in [9.17, 15) is 23.3 Å². The number of carbonyl (C=O) groups is 1. The van der Waals surface area contributed by atoms with Gasteiger partial charge in [0.15, 0.2) is 0 Å². The Labute approximate surface area is 175 Å². The second kappa shape index (κ2) is 7.77. The number of carbonyl (C=O) groups excluding carboxylic acids is 1. The monoisotopic (exact) mass is 426 g/mol. The lowest BCUT2D eigenvalue weighted by molar-refractivity contribution is -0.384. The summed E-state index contributed by atoms with van der Waals surface area (Å²) in [6, 6.07) is 14.9. The van der Waals surface area contributed by atoms with Gasteiger partial charge in [0.2, 0.25) is 10.0 Å². The molecule has 1 heterocycles. The van der Waals surface area contributed by atoms with Crippen molar-refractivity contribution in [1.82, 2.24) is 4.31 Å². The summed E-state index contributed by atoms with van der Waals surface area (Å²) in [7, 11) is -3.82. The lowest BCUT2D eigenvalue weighted by Gasteiger charge is -2.45. The Kier molecular flexibility index (Phi) is 5.29. The van der Waals surface area contributed by atoms with Crippen LogP contribution in [0.15, 0.2) is 71.1 Å². The van der Waals surface area contributed by atoms with Crippen molar-refractivity contribution in [1.29, 1.82) is 0 Å². The molecule has 4 rings (SSSR count). The van der Waals surface area contributed by atoms with Gasteiger partial charge < -0.3 is 0 Å². The van der Waals surface area contributed by atoms with Crippen molar-refractivity contribution in [3.8, 4) is 0 Å². The number of ketones is 1. The highest BCUT2D eigenvalue weighted by Gasteiger charge is 2.45. The number of sulfonamides is 1. The van der Waals surface area contributed by atoms with Crippen molar-refractivity contribution in [3.63, 3.8) is 0 Å². The quantitative estimate of drug-likeness (QED) is 0.414. The molecule has 1 saturated carbocycles. The van der Waals surface area contributed by atoms with Gasteiger partial charge in [-0.2, -0.15) is 4.31 Å². The average molecular weight is 426 g/mol. The largest absolute Gasteiger partial charge is 0.299 e. The number of hydrogen-bond acceptors (Lipinski definition) is 5. The van der Waals surface area contributed by atoms with Crippen molar-refractivity contribution >= 4 is 21.5 Å².